The number of hydrogen-bond donors (Lipinski definition) is 2. The molecule has 2 heterocycles. The zero-order valence-corrected chi connectivity index (χ0v) is 36.3. The molecule has 306 valence electrons. The molecule has 0 aliphatic rings. The molecule has 0 aliphatic carbocycles. The van der Waals surface area contributed by atoms with Gasteiger partial charge in [0.1, 0.15) is 30.8 Å². The van der Waals surface area contributed by atoms with E-state index in [2.05, 4.69) is 47.8 Å². The quantitative estimate of drug-likeness (QED) is 0.0592. The molecule has 0 aromatic carbocycles. The van der Waals surface area contributed by atoms with Crippen molar-refractivity contribution in [3.63, 3.8) is 0 Å². The van der Waals surface area contributed by atoms with Crippen molar-refractivity contribution in [2.45, 2.75) is 46.5 Å². The summed E-state index contributed by atoms with van der Waals surface area (Å²) >= 11 is 3.02. The molecule has 6 N–H and O–H groups in total. The minimum Gasteiger partial charge on any atom is -0.870 e. The number of carboxylic acid groups (broad SMARTS) is 1. The molecule has 1 amide bonds. The van der Waals surface area contributed by atoms with Crippen molar-refractivity contribution in [2.75, 3.05) is 34.4 Å². The fraction of sp³-hybridized carbons (Fsp3) is 0.414. The number of nitrogens with zero attached hydrogens (tertiary/aromatic N) is 3. The van der Waals surface area contributed by atoms with Gasteiger partial charge in [0.05, 0.1) is 65.3 Å². The number of carbonyl (C=O) groups is 6. The summed E-state index contributed by atoms with van der Waals surface area (Å²) in [5.41, 5.74) is 4.79. The molecule has 0 atom stereocenters. The zero-order chi connectivity index (χ0) is 40.8. The molecule has 0 bridgehead atoms. The Morgan fingerprint density at radius 3 is 1.45 bits per heavy atom. The molecule has 0 aliphatic heterocycles. The minimum atomic E-state index is -1.79. The van der Waals surface area contributed by atoms with Crippen molar-refractivity contribution in [2.24, 2.45) is 5.73 Å². The molecular weight excluding hydrogens is 995 g/mol. The number of nitrogens with one attached hydrogen (secondary N) is 1. The molecule has 0 spiro atoms. The number of esters is 3. The van der Waals surface area contributed by atoms with Crippen LogP contribution in [0.2, 0.25) is 0 Å². The topological polar surface area (TPSA) is 329 Å². The third-order valence-electron chi connectivity index (χ3n) is 3.71. The normalized spacial score (nSPS) is 7.82. The number of amides is 1. The number of ether oxygens (including phenoxy) is 3. The summed E-state index contributed by atoms with van der Waals surface area (Å²) in [5, 5.41) is 18.9. The largest absolute Gasteiger partial charge is 1.00 e. The first-order chi connectivity index (χ1) is 23.8. The molecule has 2 aromatic rings. The van der Waals surface area contributed by atoms with Crippen molar-refractivity contribution >= 4 is 74.2 Å². The van der Waals surface area contributed by atoms with Gasteiger partial charge in [-0.25, -0.2) is 9.97 Å². The van der Waals surface area contributed by atoms with Crippen LogP contribution in [0.5, 0.6) is 0 Å². The van der Waals surface area contributed by atoms with Crippen LogP contribution in [0, 0.1) is 49.9 Å². The standard InChI is InChI=1S/2C7H9NO3.C6H7NO3.C4H5ClO3.C3H5N.C2H3N.Au.3ClH.2Li.2H2O/c1-5-4-8-6(11-5)3-7(9)10-2;1-3-4-8-6(9)5-7(10)11-2;1-4-3-7-5(10-4)2-6(8)9;1-8-4(7)2-3(5)6;1-2-3-4;1-2-3;;;;;;;;/h4H,3H2,1-2H3;1H,4-5H2,2H3,(H,8,9);3H,2H2,1H3,(H,8,9);2H2,1H3;1H,3-4H2;1H3;;3*1H;;;2*1H2/q;;;;;;+3;;;;2*+1;;/p-5. The van der Waals surface area contributed by atoms with Gasteiger partial charge >= 0.3 is 98.4 Å². The number of carbonyl (C=O) groups excluding carboxylic acids is 6. The molecule has 0 fully saturated rings. The Hall–Kier alpha value is -2.97. The second-order valence-electron chi connectivity index (χ2n) is 7.63. The third-order valence-corrected chi connectivity index (χ3v) is 3.84. The Labute approximate surface area is 365 Å². The van der Waals surface area contributed by atoms with E-state index in [4.69, 9.17) is 65.4 Å². The van der Waals surface area contributed by atoms with Gasteiger partial charge < -0.3 is 54.9 Å². The molecular formula is C29H40AuCl4Li2N5O14. The molecule has 2 aromatic heterocycles. The predicted octanol–water partition coefficient (Wildman–Crippen LogP) is -5.23. The van der Waals surface area contributed by atoms with Gasteiger partial charge in [-0.2, -0.15) is 5.26 Å². The first-order valence-corrected chi connectivity index (χ1v) is 21.4. The summed E-state index contributed by atoms with van der Waals surface area (Å²) in [7, 11) is 18.6. The number of aryl methyl sites for hydroxylation is 2. The molecule has 0 saturated carbocycles. The van der Waals surface area contributed by atoms with E-state index in [1.165, 1.54) is 34.4 Å². The van der Waals surface area contributed by atoms with Crippen LogP contribution in [-0.4, -0.2) is 90.4 Å². The van der Waals surface area contributed by atoms with Crippen LogP contribution < -0.4 is 53.9 Å². The maximum atomic E-state index is 10.7. The van der Waals surface area contributed by atoms with Crippen LogP contribution in [0.1, 0.15) is 43.1 Å². The molecule has 19 nitrogen and oxygen atoms in total. The average Bonchev–Trinajstić information content (AvgIpc) is 3.66. The minimum absolute atomic E-state index is 0. The van der Waals surface area contributed by atoms with Gasteiger partial charge in [0, 0.05) is 6.92 Å². The Balaban J connectivity index is -0.0000000660. The number of rotatable bonds is 9. The summed E-state index contributed by atoms with van der Waals surface area (Å²) in [6.07, 6.45) is 11.8. The first-order valence-electron chi connectivity index (χ1n) is 13.0. The summed E-state index contributed by atoms with van der Waals surface area (Å²) in [5.74, 6) is 3.19. The fourth-order valence-electron chi connectivity index (χ4n) is 1.89. The third kappa shape index (κ3) is 69.4. The van der Waals surface area contributed by atoms with Gasteiger partial charge in [-0.15, -0.1) is 12.8 Å². The van der Waals surface area contributed by atoms with E-state index < -0.39 is 44.3 Å². The average molecular weight is 1040 g/mol. The van der Waals surface area contributed by atoms with Crippen molar-refractivity contribution in [1.82, 2.24) is 15.3 Å². The summed E-state index contributed by atoms with van der Waals surface area (Å²) in [6.45, 7) is 5.38. The van der Waals surface area contributed by atoms with E-state index >= 15 is 0 Å². The van der Waals surface area contributed by atoms with Crippen LogP contribution >= 0.6 is 39.2 Å². The Bertz CT molecular complexity index is 1430. The SMILES string of the molecule is C#CCN.C#CCNC(=O)CC(=O)OC.CC#N.COC(=O)CC(=O)Cl.COC(=O)Cc1ncc(C)o1.Cc1cnc(CC(=O)[O-])o1.O.[Cl][Au]([Cl])[Cl].[Li+].[Li+].[OH-]. The van der Waals surface area contributed by atoms with Crippen molar-refractivity contribution < 1.29 is 121 Å². The Morgan fingerprint density at radius 2 is 1.22 bits per heavy atom. The van der Waals surface area contributed by atoms with E-state index in [1.54, 1.807) is 26.1 Å². The number of carboxylic acids is 1. The van der Waals surface area contributed by atoms with Crippen molar-refractivity contribution in [3.05, 3.63) is 35.7 Å². The monoisotopic (exact) mass is 1030 g/mol. The Morgan fingerprint density at radius 1 is 0.873 bits per heavy atom. The van der Waals surface area contributed by atoms with Crippen LogP contribution in [0.3, 0.4) is 0 Å². The van der Waals surface area contributed by atoms with Crippen molar-refractivity contribution in [3.8, 4) is 30.8 Å². The molecule has 0 unspecified atom stereocenters. The number of aromatic nitrogens is 2. The van der Waals surface area contributed by atoms with Crippen molar-refractivity contribution in [1.29, 1.82) is 5.26 Å². The second-order valence-corrected chi connectivity index (χ2v) is 17.4. The number of terminal acetylenes is 2. The number of nitriles is 1. The fourth-order valence-corrected chi connectivity index (χ4v) is 2.00. The molecule has 2 rings (SSSR count). The summed E-state index contributed by atoms with van der Waals surface area (Å²) < 4.78 is 22.7. The molecule has 55 heavy (non-hydrogen) atoms. The first kappa shape index (κ1) is 73.2. The summed E-state index contributed by atoms with van der Waals surface area (Å²) in [6, 6.07) is 1.75. The van der Waals surface area contributed by atoms with E-state index in [9.17, 15) is 33.9 Å². The van der Waals surface area contributed by atoms with Crippen LogP contribution in [-0.2, 0) is 71.0 Å². The van der Waals surface area contributed by atoms with Gasteiger partial charge in [0.2, 0.25) is 17.0 Å². The van der Waals surface area contributed by atoms with E-state index in [-0.39, 0.29) is 92.8 Å². The van der Waals surface area contributed by atoms with Gasteiger partial charge in [0.25, 0.3) is 0 Å². The van der Waals surface area contributed by atoms with Gasteiger partial charge in [-0.3, -0.25) is 24.0 Å². The van der Waals surface area contributed by atoms with E-state index in [1.807, 2.05) is 0 Å². The van der Waals surface area contributed by atoms with E-state index in [0.717, 1.165) is 0 Å². The number of oxazole rings is 2. The molecule has 26 heteroatoms. The maximum Gasteiger partial charge on any atom is 1.00 e. The molecule has 0 saturated heterocycles. The number of methoxy groups -OCH3 is 3. The number of nitrogens with two attached hydrogens (primary N) is 1. The van der Waals surface area contributed by atoms with E-state index in [0.29, 0.717) is 24.0 Å². The van der Waals surface area contributed by atoms with Crippen LogP contribution in [0.15, 0.2) is 21.2 Å². The zero-order valence-electron chi connectivity index (χ0n) is 31.1. The molecule has 0 radical (unpaired) electrons. The second kappa shape index (κ2) is 53.1. The predicted molar refractivity (Wildman–Crippen MR) is 185 cm³/mol. The van der Waals surface area contributed by atoms with Gasteiger partial charge in [-0.1, -0.05) is 11.8 Å². The number of halogens is 4. The number of hydrogen-bond acceptors (Lipinski definition) is 17. The van der Waals surface area contributed by atoms with Crippen LogP contribution in [0.4, 0.5) is 0 Å². The summed E-state index contributed by atoms with van der Waals surface area (Å²) in [4.78, 5) is 69.2. The van der Waals surface area contributed by atoms with Gasteiger partial charge in [0.15, 0.2) is 5.89 Å². The van der Waals surface area contributed by atoms with Gasteiger partial charge in [-0.05, 0) is 25.4 Å². The smallest absolute Gasteiger partial charge is 0.870 e. The Kier molecular flexibility index (Phi) is 70.7. The van der Waals surface area contributed by atoms with Crippen LogP contribution in [0.25, 0.3) is 0 Å². The number of aliphatic carboxylic acids is 1. The maximum absolute atomic E-state index is 10.7.